The lowest BCUT2D eigenvalue weighted by Gasteiger charge is -2.66. The highest BCUT2D eigenvalue weighted by Crippen LogP contribution is 2.64. The van der Waals surface area contributed by atoms with Crippen molar-refractivity contribution in [2.24, 2.45) is 17.3 Å². The highest BCUT2D eigenvalue weighted by atomic mass is 35.5. The van der Waals surface area contributed by atoms with Crippen LogP contribution < -0.4 is 0 Å². The molecule has 4 rings (SSSR count). The number of alkyl halides is 1. The van der Waals surface area contributed by atoms with E-state index in [-0.39, 0.29) is 6.42 Å². The average Bonchev–Trinajstić information content (AvgIpc) is 3.01. The summed E-state index contributed by atoms with van der Waals surface area (Å²) in [7, 11) is 0. The van der Waals surface area contributed by atoms with E-state index in [1.807, 2.05) is 0 Å². The second kappa shape index (κ2) is 9.24. The molecule has 0 aromatic rings. The molecule has 1 saturated carbocycles. The summed E-state index contributed by atoms with van der Waals surface area (Å²) in [6.45, 7) is 12.7. The van der Waals surface area contributed by atoms with E-state index in [4.69, 9.17) is 35.3 Å². The maximum absolute atomic E-state index is 13.0. The summed E-state index contributed by atoms with van der Waals surface area (Å²) in [5, 5.41) is 11.3. The van der Waals surface area contributed by atoms with Crippen molar-refractivity contribution < 1.29 is 48.0 Å². The van der Waals surface area contributed by atoms with Crippen molar-refractivity contribution in [1.29, 1.82) is 0 Å². The molecular weight excluding hydrogens is 508 g/mol. The summed E-state index contributed by atoms with van der Waals surface area (Å²) in [6.07, 6.45) is -4.26. The zero-order valence-electron chi connectivity index (χ0n) is 21.9. The molecule has 1 spiro atoms. The van der Waals surface area contributed by atoms with Crippen LogP contribution in [0.25, 0.3) is 0 Å². The highest BCUT2D eigenvalue weighted by molar-refractivity contribution is 6.23. The molecule has 3 saturated heterocycles. The van der Waals surface area contributed by atoms with Crippen LogP contribution in [0.2, 0.25) is 0 Å². The first kappa shape index (κ1) is 27.9. The molecule has 11 heteroatoms. The molecule has 11 atom stereocenters. The molecule has 3 aliphatic heterocycles. The smallest absolute Gasteiger partial charge is 0.312 e. The first-order chi connectivity index (χ1) is 17.1. The topological polar surface area (TPSA) is 135 Å². The van der Waals surface area contributed by atoms with Gasteiger partial charge >= 0.3 is 23.9 Å². The van der Waals surface area contributed by atoms with Gasteiger partial charge in [0.15, 0.2) is 11.7 Å². The van der Waals surface area contributed by atoms with Crippen molar-refractivity contribution in [3.05, 3.63) is 12.2 Å². The number of esters is 4. The summed E-state index contributed by atoms with van der Waals surface area (Å²) >= 11 is 6.80. The van der Waals surface area contributed by atoms with Crippen LogP contribution in [0, 0.1) is 17.3 Å². The van der Waals surface area contributed by atoms with Gasteiger partial charge in [-0.05, 0) is 26.7 Å². The van der Waals surface area contributed by atoms with Gasteiger partial charge in [-0.1, -0.05) is 19.1 Å². The van der Waals surface area contributed by atoms with Crippen LogP contribution in [0.5, 0.6) is 0 Å². The number of carbonyl (C=O) groups excluding carboxylic acids is 4. The van der Waals surface area contributed by atoms with Crippen LogP contribution >= 0.6 is 11.6 Å². The maximum atomic E-state index is 13.0. The van der Waals surface area contributed by atoms with Crippen molar-refractivity contribution in [1.82, 2.24) is 0 Å². The van der Waals surface area contributed by atoms with Gasteiger partial charge in [-0.25, -0.2) is 0 Å². The highest BCUT2D eigenvalue weighted by Gasteiger charge is 2.78. The first-order valence-electron chi connectivity index (χ1n) is 12.5. The molecule has 0 radical (unpaired) electrons. The summed E-state index contributed by atoms with van der Waals surface area (Å²) < 4.78 is 29.8. The van der Waals surface area contributed by atoms with Gasteiger partial charge in [-0.2, -0.15) is 0 Å². The molecule has 3 heterocycles. The molecule has 0 amide bonds. The Labute approximate surface area is 220 Å². The Morgan fingerprint density at radius 2 is 1.62 bits per heavy atom. The van der Waals surface area contributed by atoms with E-state index in [9.17, 15) is 24.3 Å². The minimum atomic E-state index is -1.79. The second-order valence-electron chi connectivity index (χ2n) is 11.2. The van der Waals surface area contributed by atoms with Gasteiger partial charge in [-0.3, -0.25) is 19.2 Å². The van der Waals surface area contributed by atoms with E-state index < -0.39 is 88.2 Å². The molecule has 0 unspecified atom stereocenters. The minimum absolute atomic E-state index is 0.00764. The molecule has 1 N–H and O–H groups in total. The first-order valence-corrected chi connectivity index (χ1v) is 13.0. The van der Waals surface area contributed by atoms with E-state index in [2.05, 4.69) is 6.58 Å². The van der Waals surface area contributed by atoms with E-state index in [0.717, 1.165) is 0 Å². The lowest BCUT2D eigenvalue weighted by atomic mass is 9.49. The number of fused-ring (bicyclic) bond motifs is 3. The number of carbonyl (C=O) groups is 4. The van der Waals surface area contributed by atoms with Crippen LogP contribution in [0.4, 0.5) is 0 Å². The van der Waals surface area contributed by atoms with Crippen LogP contribution in [0.15, 0.2) is 12.2 Å². The largest absolute Gasteiger partial charge is 0.462 e. The third kappa shape index (κ3) is 4.06. The standard InChI is InChI=1S/C26H35ClO10/c1-11-8-9-16-24(6)17(33-13(3)28)10-18(34-14(4)29)25(7,32)20(24)22(35-15(5)30)26(37-16)12(2)23(31)36-21(26)19(11)27/h12,16-22,32H,1,8-10H2,2-7H3/t12-,16+,17-,18+,19-,20+,21-,22-,24-,25+,26-/m0/s1. The molecular formula is C26H35ClO10. The van der Waals surface area contributed by atoms with Gasteiger partial charge < -0.3 is 28.8 Å². The van der Waals surface area contributed by atoms with Crippen molar-refractivity contribution in [3.63, 3.8) is 0 Å². The predicted octanol–water partition coefficient (Wildman–Crippen LogP) is 2.22. The average molecular weight is 543 g/mol. The second-order valence-corrected chi connectivity index (χ2v) is 11.6. The summed E-state index contributed by atoms with van der Waals surface area (Å²) in [5.74, 6) is -4.43. The van der Waals surface area contributed by atoms with E-state index in [1.54, 1.807) is 13.8 Å². The molecule has 4 aliphatic rings. The number of hydrogen-bond donors (Lipinski definition) is 1. The third-order valence-corrected chi connectivity index (χ3v) is 9.41. The lowest BCUT2D eigenvalue weighted by Crippen LogP contribution is -2.79. The van der Waals surface area contributed by atoms with E-state index in [1.165, 1.54) is 27.7 Å². The van der Waals surface area contributed by atoms with Gasteiger partial charge in [0.1, 0.15) is 23.9 Å². The molecule has 4 fully saturated rings. The maximum Gasteiger partial charge on any atom is 0.312 e. The Kier molecular flexibility index (Phi) is 6.95. The number of hydrogen-bond acceptors (Lipinski definition) is 10. The fourth-order valence-electron chi connectivity index (χ4n) is 7.19. The van der Waals surface area contributed by atoms with Crippen molar-refractivity contribution in [2.75, 3.05) is 0 Å². The molecule has 2 bridgehead atoms. The Balaban J connectivity index is 2.01. The van der Waals surface area contributed by atoms with Crippen LogP contribution in [-0.4, -0.2) is 76.1 Å². The van der Waals surface area contributed by atoms with Gasteiger partial charge in [0.05, 0.1) is 17.4 Å². The zero-order valence-corrected chi connectivity index (χ0v) is 22.7. The Morgan fingerprint density at radius 3 is 2.19 bits per heavy atom. The Morgan fingerprint density at radius 1 is 1.05 bits per heavy atom. The number of halogens is 1. The molecule has 1 aliphatic carbocycles. The quantitative estimate of drug-likeness (QED) is 0.245. The molecule has 0 aromatic heterocycles. The monoisotopic (exact) mass is 542 g/mol. The van der Waals surface area contributed by atoms with Gasteiger partial charge in [-0.15, -0.1) is 11.6 Å². The van der Waals surface area contributed by atoms with Crippen LogP contribution in [0.1, 0.15) is 60.8 Å². The summed E-state index contributed by atoms with van der Waals surface area (Å²) in [4.78, 5) is 49.8. The van der Waals surface area contributed by atoms with Crippen LogP contribution in [0.3, 0.4) is 0 Å². The van der Waals surface area contributed by atoms with Crippen molar-refractivity contribution in [3.8, 4) is 0 Å². The van der Waals surface area contributed by atoms with Gasteiger partial charge in [0.2, 0.25) is 0 Å². The number of ether oxygens (including phenoxy) is 5. The summed E-state index contributed by atoms with van der Waals surface area (Å²) in [5.41, 5.74) is -3.89. The SMILES string of the molecule is C=C1CC[C@H]2O[C@]3([C@@H](C)C(=O)O[C@H]3[C@H]1Cl)[C@@H](OC(C)=O)[C@H]1[C@](C)(O)[C@H](OC(C)=O)C[C@H](OC(C)=O)[C@]21C. The fraction of sp³-hybridized carbons (Fsp3) is 0.769. The molecule has 37 heavy (non-hydrogen) atoms. The Bertz CT molecular complexity index is 1020. The van der Waals surface area contributed by atoms with Crippen molar-refractivity contribution in [2.45, 2.75) is 108 Å². The van der Waals surface area contributed by atoms with Crippen LogP contribution in [-0.2, 0) is 42.9 Å². The zero-order chi connectivity index (χ0) is 27.7. The molecule has 10 nitrogen and oxygen atoms in total. The number of rotatable bonds is 3. The van der Waals surface area contributed by atoms with Gasteiger partial charge in [0.25, 0.3) is 0 Å². The third-order valence-electron chi connectivity index (χ3n) is 8.87. The minimum Gasteiger partial charge on any atom is -0.462 e. The molecule has 0 aromatic carbocycles. The van der Waals surface area contributed by atoms with E-state index in [0.29, 0.717) is 18.4 Å². The van der Waals surface area contributed by atoms with Crippen molar-refractivity contribution >= 4 is 35.5 Å². The van der Waals surface area contributed by atoms with E-state index >= 15 is 0 Å². The normalized spacial score (nSPS) is 46.9. The fourth-order valence-corrected chi connectivity index (χ4v) is 7.55. The Hall–Kier alpha value is -2.17. The predicted molar refractivity (Wildman–Crippen MR) is 128 cm³/mol. The van der Waals surface area contributed by atoms with Gasteiger partial charge in [0, 0.05) is 38.5 Å². The number of aliphatic hydroxyl groups is 1. The summed E-state index contributed by atoms with van der Waals surface area (Å²) in [6, 6.07) is 0. The molecule has 206 valence electrons. The lowest BCUT2D eigenvalue weighted by molar-refractivity contribution is -0.355.